The predicted octanol–water partition coefficient (Wildman–Crippen LogP) is 1.96. The van der Waals surface area contributed by atoms with E-state index in [1.807, 2.05) is 30.3 Å². The Balaban J connectivity index is 1.77. The third-order valence-corrected chi connectivity index (χ3v) is 2.77. The minimum absolute atomic E-state index is 0.176. The molecule has 1 N–H and O–H groups in total. The lowest BCUT2D eigenvalue weighted by Crippen LogP contribution is -2.14. The molecule has 2 heterocycles. The van der Waals surface area contributed by atoms with Gasteiger partial charge in [-0.2, -0.15) is 9.90 Å². The Labute approximate surface area is 124 Å². The highest BCUT2D eigenvalue weighted by molar-refractivity contribution is 6.29. The lowest BCUT2D eigenvalue weighted by atomic mass is 10.3. The van der Waals surface area contributed by atoms with Crippen molar-refractivity contribution < 1.29 is 4.79 Å². The summed E-state index contributed by atoms with van der Waals surface area (Å²) in [5.41, 5.74) is 0.943. The number of halogens is 1. The van der Waals surface area contributed by atoms with Crippen LogP contribution in [-0.4, -0.2) is 30.9 Å². The van der Waals surface area contributed by atoms with Gasteiger partial charge >= 0.3 is 0 Å². The molecule has 2 aromatic heterocycles. The van der Waals surface area contributed by atoms with Crippen molar-refractivity contribution in [1.82, 2.24) is 25.0 Å². The second kappa shape index (κ2) is 5.68. The summed E-state index contributed by atoms with van der Waals surface area (Å²) in [7, 11) is 0. The highest BCUT2D eigenvalue weighted by Crippen LogP contribution is 2.08. The van der Waals surface area contributed by atoms with Crippen molar-refractivity contribution >= 4 is 23.3 Å². The van der Waals surface area contributed by atoms with Crippen LogP contribution in [0.1, 0.15) is 10.5 Å². The van der Waals surface area contributed by atoms with Crippen molar-refractivity contribution in [3.05, 3.63) is 59.8 Å². The maximum Gasteiger partial charge on any atom is 0.279 e. The quantitative estimate of drug-likeness (QED) is 0.799. The first kappa shape index (κ1) is 13.2. The largest absolute Gasteiger partial charge is 0.304 e. The molecule has 8 heteroatoms. The van der Waals surface area contributed by atoms with Crippen LogP contribution in [-0.2, 0) is 0 Å². The summed E-state index contributed by atoms with van der Waals surface area (Å²) in [4.78, 5) is 21.1. The first-order valence-electron chi connectivity index (χ1n) is 5.99. The maximum absolute atomic E-state index is 12.0. The molecule has 0 bridgehead atoms. The number of carbonyl (C=O) groups is 1. The highest BCUT2D eigenvalue weighted by Gasteiger charge is 2.12. The Morgan fingerprint density at radius 3 is 2.62 bits per heavy atom. The Morgan fingerprint density at radius 1 is 1.10 bits per heavy atom. The zero-order valence-corrected chi connectivity index (χ0v) is 11.4. The number of aromatic nitrogens is 5. The van der Waals surface area contributed by atoms with Crippen LogP contribution < -0.4 is 5.32 Å². The molecule has 0 unspecified atom stereocenters. The molecule has 0 aliphatic heterocycles. The molecule has 7 nitrogen and oxygen atoms in total. The lowest BCUT2D eigenvalue weighted by Gasteiger charge is -2.01. The van der Waals surface area contributed by atoms with Crippen molar-refractivity contribution in [2.24, 2.45) is 0 Å². The number of hydrogen-bond donors (Lipinski definition) is 1. The van der Waals surface area contributed by atoms with Crippen LogP contribution in [0.4, 0.5) is 5.82 Å². The summed E-state index contributed by atoms with van der Waals surface area (Å²) in [6, 6.07) is 9.29. The number of nitrogens with one attached hydrogen (secondary N) is 1. The number of hydrogen-bond acceptors (Lipinski definition) is 5. The molecule has 0 spiro atoms. The standard InChI is InChI=1S/C13H9ClN6O/c14-11-7-16-12(8-15-11)18-13(21)10-6-17-20(19-10)9-4-2-1-3-5-9/h1-8H,(H,16,18,21). The molecular formula is C13H9ClN6O. The van der Waals surface area contributed by atoms with Gasteiger partial charge < -0.3 is 5.32 Å². The predicted molar refractivity (Wildman–Crippen MR) is 76.4 cm³/mol. The van der Waals surface area contributed by atoms with E-state index in [4.69, 9.17) is 11.6 Å². The van der Waals surface area contributed by atoms with Crippen molar-refractivity contribution in [3.8, 4) is 5.69 Å². The summed E-state index contributed by atoms with van der Waals surface area (Å²) < 4.78 is 0. The molecule has 3 aromatic rings. The van der Waals surface area contributed by atoms with E-state index in [0.717, 1.165) is 5.69 Å². The third kappa shape index (κ3) is 3.03. The van der Waals surface area contributed by atoms with E-state index in [2.05, 4.69) is 25.5 Å². The highest BCUT2D eigenvalue weighted by atomic mass is 35.5. The van der Waals surface area contributed by atoms with E-state index in [1.54, 1.807) is 0 Å². The Bertz CT molecular complexity index is 756. The molecule has 1 aromatic carbocycles. The summed E-state index contributed by atoms with van der Waals surface area (Å²) in [5, 5.41) is 11.0. The van der Waals surface area contributed by atoms with Crippen LogP contribution in [0.5, 0.6) is 0 Å². The van der Waals surface area contributed by atoms with Gasteiger partial charge in [0.1, 0.15) is 5.15 Å². The molecule has 0 radical (unpaired) electrons. The molecule has 0 fully saturated rings. The summed E-state index contributed by atoms with van der Waals surface area (Å²) in [5.74, 6) is -0.132. The molecule has 3 rings (SSSR count). The van der Waals surface area contributed by atoms with E-state index in [1.165, 1.54) is 23.4 Å². The van der Waals surface area contributed by atoms with Gasteiger partial charge in [0, 0.05) is 0 Å². The van der Waals surface area contributed by atoms with Gasteiger partial charge in [-0.05, 0) is 12.1 Å². The smallest absolute Gasteiger partial charge is 0.279 e. The third-order valence-electron chi connectivity index (χ3n) is 2.57. The number of benzene rings is 1. The average Bonchev–Trinajstić information content (AvgIpc) is 3.00. The number of nitrogens with zero attached hydrogens (tertiary/aromatic N) is 5. The van der Waals surface area contributed by atoms with Gasteiger partial charge in [0.2, 0.25) is 0 Å². The minimum Gasteiger partial charge on any atom is -0.304 e. The lowest BCUT2D eigenvalue weighted by molar-refractivity contribution is 0.102. The van der Waals surface area contributed by atoms with Gasteiger partial charge in [0.25, 0.3) is 5.91 Å². The summed E-state index contributed by atoms with van der Waals surface area (Å²) in [6.07, 6.45) is 4.09. The molecule has 21 heavy (non-hydrogen) atoms. The van der Waals surface area contributed by atoms with Crippen molar-refractivity contribution in [1.29, 1.82) is 0 Å². The molecule has 0 saturated carbocycles. The van der Waals surface area contributed by atoms with Gasteiger partial charge in [-0.3, -0.25) is 4.79 Å². The molecule has 1 amide bonds. The van der Waals surface area contributed by atoms with Gasteiger partial charge in [0.15, 0.2) is 11.5 Å². The van der Waals surface area contributed by atoms with Crippen LogP contribution in [0, 0.1) is 0 Å². The van der Waals surface area contributed by atoms with E-state index in [0.29, 0.717) is 5.82 Å². The molecule has 104 valence electrons. The van der Waals surface area contributed by atoms with Gasteiger partial charge in [0.05, 0.1) is 24.3 Å². The van der Waals surface area contributed by atoms with Crippen LogP contribution >= 0.6 is 11.6 Å². The topological polar surface area (TPSA) is 85.6 Å². The number of carbonyl (C=O) groups excluding carboxylic acids is 1. The average molecular weight is 301 g/mol. The zero-order valence-electron chi connectivity index (χ0n) is 10.6. The minimum atomic E-state index is -0.422. The second-order valence-electron chi connectivity index (χ2n) is 4.03. The van der Waals surface area contributed by atoms with Crippen LogP contribution in [0.25, 0.3) is 5.69 Å². The fourth-order valence-electron chi connectivity index (χ4n) is 1.61. The number of amides is 1. The van der Waals surface area contributed by atoms with Crippen LogP contribution in [0.3, 0.4) is 0 Å². The van der Waals surface area contributed by atoms with E-state index in [9.17, 15) is 4.79 Å². The Hall–Kier alpha value is -2.80. The maximum atomic E-state index is 12.0. The second-order valence-corrected chi connectivity index (χ2v) is 4.42. The van der Waals surface area contributed by atoms with Gasteiger partial charge in [-0.25, -0.2) is 9.97 Å². The van der Waals surface area contributed by atoms with Crippen molar-refractivity contribution in [3.63, 3.8) is 0 Å². The first-order chi connectivity index (χ1) is 10.2. The summed E-state index contributed by atoms with van der Waals surface area (Å²) in [6.45, 7) is 0. The number of anilines is 1. The van der Waals surface area contributed by atoms with Gasteiger partial charge in [-0.1, -0.05) is 29.8 Å². The van der Waals surface area contributed by atoms with Crippen LogP contribution in [0.2, 0.25) is 5.15 Å². The fourth-order valence-corrected chi connectivity index (χ4v) is 1.71. The normalized spacial score (nSPS) is 10.3. The monoisotopic (exact) mass is 300 g/mol. The van der Waals surface area contributed by atoms with Gasteiger partial charge in [-0.15, -0.1) is 5.10 Å². The SMILES string of the molecule is O=C(Nc1cnc(Cl)cn1)c1cnn(-c2ccccc2)n1. The van der Waals surface area contributed by atoms with Crippen LogP contribution in [0.15, 0.2) is 48.9 Å². The molecule has 0 saturated heterocycles. The molecule has 0 atom stereocenters. The van der Waals surface area contributed by atoms with E-state index < -0.39 is 5.91 Å². The first-order valence-corrected chi connectivity index (χ1v) is 6.37. The van der Waals surface area contributed by atoms with E-state index >= 15 is 0 Å². The fraction of sp³-hybridized carbons (Fsp3) is 0. The van der Waals surface area contributed by atoms with Crippen molar-refractivity contribution in [2.45, 2.75) is 0 Å². The number of para-hydroxylation sites is 1. The number of rotatable bonds is 3. The molecule has 0 aliphatic rings. The zero-order chi connectivity index (χ0) is 14.7. The molecular weight excluding hydrogens is 292 g/mol. The van der Waals surface area contributed by atoms with E-state index in [-0.39, 0.29) is 10.8 Å². The summed E-state index contributed by atoms with van der Waals surface area (Å²) >= 11 is 5.62. The Kier molecular flexibility index (Phi) is 3.57. The van der Waals surface area contributed by atoms with Crippen molar-refractivity contribution in [2.75, 3.05) is 5.32 Å². The molecule has 0 aliphatic carbocycles. The Morgan fingerprint density at radius 2 is 1.90 bits per heavy atom.